The maximum atomic E-state index is 13.7. The normalized spacial score (nSPS) is 21.4. The van der Waals surface area contributed by atoms with E-state index in [1.807, 2.05) is 11.0 Å². The van der Waals surface area contributed by atoms with Crippen LogP contribution in [0.5, 0.6) is 0 Å². The zero-order chi connectivity index (χ0) is 28.3. The minimum absolute atomic E-state index is 0.00652. The number of carbonyl (C=O) groups excluding carboxylic acids is 3. The lowest BCUT2D eigenvalue weighted by molar-refractivity contribution is -0.137. The fourth-order valence-electron chi connectivity index (χ4n) is 5.64. The smallest absolute Gasteiger partial charge is 0.411 e. The van der Waals surface area contributed by atoms with Crippen LogP contribution in [0.4, 0.5) is 4.79 Å². The second kappa shape index (κ2) is 15.9. The van der Waals surface area contributed by atoms with Gasteiger partial charge in [-0.2, -0.15) is 11.8 Å². The fourth-order valence-corrected chi connectivity index (χ4v) is 8.05. The molecule has 1 saturated carbocycles. The Hall–Kier alpha value is -1.91. The lowest BCUT2D eigenvalue weighted by atomic mass is 9.91. The van der Waals surface area contributed by atoms with Crippen LogP contribution in [0, 0.1) is 5.92 Å². The molecule has 1 aromatic rings. The third-order valence-corrected chi connectivity index (χ3v) is 10.3. The summed E-state index contributed by atoms with van der Waals surface area (Å²) in [6.45, 7) is 5.78. The molecule has 1 aromatic carbocycles. The number of piperidine rings is 1. The number of amides is 3. The molecule has 3 fully saturated rings. The number of hydrogen-bond donors (Lipinski definition) is 2. The molecule has 40 heavy (non-hydrogen) atoms. The summed E-state index contributed by atoms with van der Waals surface area (Å²) in [6, 6.07) is 9.52. The minimum Gasteiger partial charge on any atom is -0.447 e. The van der Waals surface area contributed by atoms with E-state index in [-0.39, 0.29) is 17.9 Å². The zero-order valence-electron chi connectivity index (χ0n) is 24.0. The van der Waals surface area contributed by atoms with E-state index in [4.69, 9.17) is 4.74 Å². The number of nitrogens with zero attached hydrogens (tertiary/aromatic N) is 2. The summed E-state index contributed by atoms with van der Waals surface area (Å²) in [5.74, 6) is 2.94. The van der Waals surface area contributed by atoms with Gasteiger partial charge >= 0.3 is 6.09 Å². The Morgan fingerprint density at radius 1 is 1.05 bits per heavy atom. The van der Waals surface area contributed by atoms with Gasteiger partial charge in [0, 0.05) is 37.2 Å². The Kier molecular flexibility index (Phi) is 12.4. The monoisotopic (exact) mass is 590 g/mol. The minimum atomic E-state index is -0.622. The predicted octanol–water partition coefficient (Wildman–Crippen LogP) is 4.49. The van der Waals surface area contributed by atoms with E-state index < -0.39 is 18.2 Å². The zero-order valence-corrected chi connectivity index (χ0v) is 25.6. The van der Waals surface area contributed by atoms with E-state index in [1.165, 1.54) is 54.3 Å². The number of likely N-dealkylation sites (tertiary alicyclic amines) is 1. The second-order valence-corrected chi connectivity index (χ2v) is 13.6. The van der Waals surface area contributed by atoms with E-state index in [0.29, 0.717) is 42.4 Å². The Labute approximate surface area is 248 Å². The van der Waals surface area contributed by atoms with Gasteiger partial charge in [-0.25, -0.2) is 4.79 Å². The quantitative estimate of drug-likeness (QED) is 0.393. The fraction of sp³-hybridized carbons (Fsp3) is 0.700. The Balaban J connectivity index is 1.33. The highest BCUT2D eigenvalue weighted by Gasteiger charge is 2.38. The average Bonchev–Trinajstić information content (AvgIpc) is 3.47. The van der Waals surface area contributed by atoms with Gasteiger partial charge in [0.05, 0.1) is 12.0 Å². The molecule has 0 unspecified atom stereocenters. The molecule has 222 valence electrons. The van der Waals surface area contributed by atoms with Gasteiger partial charge in [0.25, 0.3) is 0 Å². The van der Waals surface area contributed by atoms with Crippen LogP contribution in [0.3, 0.4) is 0 Å². The van der Waals surface area contributed by atoms with Crippen molar-refractivity contribution in [2.75, 3.05) is 36.2 Å². The first kappa shape index (κ1) is 31.0. The van der Waals surface area contributed by atoms with Crippen molar-refractivity contribution in [1.29, 1.82) is 0 Å². The van der Waals surface area contributed by atoms with Crippen molar-refractivity contribution in [3.05, 3.63) is 35.9 Å². The van der Waals surface area contributed by atoms with E-state index in [2.05, 4.69) is 34.9 Å². The molecule has 0 bridgehead atoms. The number of thioether (sulfide) groups is 2. The molecule has 3 aliphatic rings. The highest BCUT2D eigenvalue weighted by molar-refractivity contribution is 7.99. The van der Waals surface area contributed by atoms with Crippen LogP contribution in [0.1, 0.15) is 64.4 Å². The molecule has 2 saturated heterocycles. The van der Waals surface area contributed by atoms with Gasteiger partial charge < -0.3 is 20.3 Å². The van der Waals surface area contributed by atoms with Crippen molar-refractivity contribution < 1.29 is 19.1 Å². The summed E-state index contributed by atoms with van der Waals surface area (Å²) in [4.78, 5) is 43.2. The van der Waals surface area contributed by atoms with Gasteiger partial charge in [0.1, 0.15) is 12.1 Å². The second-order valence-electron chi connectivity index (χ2n) is 11.5. The summed E-state index contributed by atoms with van der Waals surface area (Å²) in [5, 5.41) is 6.69. The van der Waals surface area contributed by atoms with Crippen LogP contribution >= 0.6 is 23.5 Å². The topological polar surface area (TPSA) is 91.0 Å². The molecule has 0 spiro atoms. The van der Waals surface area contributed by atoms with Gasteiger partial charge in [-0.1, -0.05) is 49.6 Å². The molecule has 4 rings (SSSR count). The summed E-state index contributed by atoms with van der Waals surface area (Å²) >= 11 is 3.32. The molecule has 10 heteroatoms. The van der Waals surface area contributed by atoms with Crippen molar-refractivity contribution in [3.63, 3.8) is 0 Å². The van der Waals surface area contributed by atoms with Crippen LogP contribution in [0.15, 0.2) is 30.3 Å². The first-order valence-corrected chi connectivity index (χ1v) is 17.2. The van der Waals surface area contributed by atoms with E-state index in [0.717, 1.165) is 25.1 Å². The van der Waals surface area contributed by atoms with Crippen LogP contribution in [0.2, 0.25) is 0 Å². The first-order chi connectivity index (χ1) is 19.4. The summed E-state index contributed by atoms with van der Waals surface area (Å²) in [6.07, 6.45) is 7.48. The predicted molar refractivity (Wildman–Crippen MR) is 163 cm³/mol. The molecular weight excluding hydrogens is 544 g/mol. The number of hydrogen-bond acceptors (Lipinski definition) is 7. The maximum Gasteiger partial charge on any atom is 0.411 e. The van der Waals surface area contributed by atoms with Crippen LogP contribution < -0.4 is 10.6 Å². The molecule has 0 aromatic heterocycles. The highest BCUT2D eigenvalue weighted by Crippen LogP contribution is 2.28. The van der Waals surface area contributed by atoms with Crippen LogP contribution in [-0.2, 0) is 20.9 Å². The highest BCUT2D eigenvalue weighted by atomic mass is 32.2. The van der Waals surface area contributed by atoms with Crippen molar-refractivity contribution >= 4 is 41.4 Å². The lowest BCUT2D eigenvalue weighted by Gasteiger charge is -2.35. The van der Waals surface area contributed by atoms with Crippen molar-refractivity contribution in [2.45, 2.75) is 89.6 Å². The van der Waals surface area contributed by atoms with Gasteiger partial charge in [-0.05, 0) is 56.8 Å². The van der Waals surface area contributed by atoms with E-state index in [1.54, 1.807) is 25.6 Å². The molecular formula is C30H46N4O4S2. The number of ether oxygens (including phenoxy) is 1. The number of rotatable bonds is 11. The van der Waals surface area contributed by atoms with Gasteiger partial charge in [0.2, 0.25) is 11.8 Å². The number of nitrogens with one attached hydrogen (secondary N) is 2. The summed E-state index contributed by atoms with van der Waals surface area (Å²) in [7, 11) is 0. The number of carbonyl (C=O) groups is 3. The Morgan fingerprint density at radius 2 is 1.77 bits per heavy atom. The summed E-state index contributed by atoms with van der Waals surface area (Å²) < 4.78 is 5.36. The lowest BCUT2D eigenvalue weighted by Crippen LogP contribution is -2.57. The molecule has 0 radical (unpaired) electrons. The third kappa shape index (κ3) is 9.31. The van der Waals surface area contributed by atoms with Crippen LogP contribution in [0.25, 0.3) is 0 Å². The van der Waals surface area contributed by atoms with Gasteiger partial charge in [0.15, 0.2) is 0 Å². The molecule has 3 amide bonds. The molecule has 2 N–H and O–H groups in total. The largest absolute Gasteiger partial charge is 0.447 e. The molecule has 2 aliphatic heterocycles. The molecule has 2 heterocycles. The molecule has 1 aliphatic carbocycles. The molecule has 2 atom stereocenters. The Bertz CT molecular complexity index is 952. The van der Waals surface area contributed by atoms with Crippen molar-refractivity contribution in [3.8, 4) is 0 Å². The van der Waals surface area contributed by atoms with Gasteiger partial charge in [-0.15, -0.1) is 11.8 Å². The van der Waals surface area contributed by atoms with E-state index >= 15 is 0 Å². The maximum absolute atomic E-state index is 13.7. The van der Waals surface area contributed by atoms with Crippen molar-refractivity contribution in [2.24, 2.45) is 5.92 Å². The number of benzene rings is 1. The third-order valence-electron chi connectivity index (χ3n) is 7.98. The van der Waals surface area contributed by atoms with Gasteiger partial charge in [-0.3, -0.25) is 14.5 Å². The van der Waals surface area contributed by atoms with Crippen molar-refractivity contribution in [1.82, 2.24) is 20.4 Å². The first-order valence-electron chi connectivity index (χ1n) is 14.9. The standard InChI is InChI=1S/C30H46N4O4S2/c1-22(2)38-30(37)34-21-40-20-27(34)28(35)32-26(19-39-18-24-11-7-4-8-12-24)29(36)33-15-13-25(14-16-33)31-17-23-9-5-3-6-10-23/h3,5-6,9-10,22,24-27,31H,4,7-8,11-21H2,1-2H3,(H,32,35)/t26-,27-/m0/s1. The average molecular weight is 591 g/mol. The Morgan fingerprint density at radius 3 is 2.48 bits per heavy atom. The van der Waals surface area contributed by atoms with Crippen LogP contribution in [-0.4, -0.2) is 88.2 Å². The SMILES string of the molecule is CC(C)OC(=O)N1CSC[C@H]1C(=O)N[C@@H](CSCC1CCCCC1)C(=O)N1CCC(NCc2ccccc2)CC1. The molecule has 8 nitrogen and oxygen atoms in total. The van der Waals surface area contributed by atoms with E-state index in [9.17, 15) is 14.4 Å². The summed E-state index contributed by atoms with van der Waals surface area (Å²) in [5.41, 5.74) is 1.26.